The Morgan fingerprint density at radius 1 is 1.33 bits per heavy atom. The molecule has 1 saturated carbocycles. The molecule has 2 rings (SSSR count). The number of nitrogens with one attached hydrogen (secondary N) is 1. The lowest BCUT2D eigenvalue weighted by Gasteiger charge is -2.35. The first kappa shape index (κ1) is 16.5. The van der Waals surface area contributed by atoms with Gasteiger partial charge in [-0.2, -0.15) is 5.10 Å². The quantitative estimate of drug-likeness (QED) is 0.797. The van der Waals surface area contributed by atoms with Gasteiger partial charge >= 0.3 is 0 Å². The minimum Gasteiger partial charge on any atom is -0.379 e. The predicted octanol–water partition coefficient (Wildman–Crippen LogP) is 3.54. The number of hydrogen-bond acceptors (Lipinski definition) is 3. The Kier molecular flexibility index (Phi) is 6.71. The highest BCUT2D eigenvalue weighted by Crippen LogP contribution is 2.34. The molecule has 0 aliphatic heterocycles. The second kappa shape index (κ2) is 8.54. The Morgan fingerprint density at radius 3 is 2.71 bits per heavy atom. The molecule has 0 saturated heterocycles. The first-order valence-electron chi connectivity index (χ1n) is 8.59. The molecule has 0 amide bonds. The van der Waals surface area contributed by atoms with Crippen LogP contribution in [0.2, 0.25) is 0 Å². The normalized spacial score (nSPS) is 19.6. The van der Waals surface area contributed by atoms with Crippen molar-refractivity contribution >= 4 is 0 Å². The molecule has 0 spiro atoms. The van der Waals surface area contributed by atoms with Gasteiger partial charge in [-0.3, -0.25) is 4.68 Å². The molecule has 2 unspecified atom stereocenters. The highest BCUT2D eigenvalue weighted by Gasteiger charge is 2.32. The number of rotatable bonds is 8. The van der Waals surface area contributed by atoms with Crippen molar-refractivity contribution in [2.24, 2.45) is 5.92 Å². The van der Waals surface area contributed by atoms with Crippen LogP contribution >= 0.6 is 0 Å². The van der Waals surface area contributed by atoms with E-state index in [2.05, 4.69) is 35.0 Å². The van der Waals surface area contributed by atoms with Crippen LogP contribution in [-0.2, 0) is 11.3 Å². The van der Waals surface area contributed by atoms with Gasteiger partial charge in [0.2, 0.25) is 0 Å². The summed E-state index contributed by atoms with van der Waals surface area (Å²) in [5, 5.41) is 8.16. The van der Waals surface area contributed by atoms with Gasteiger partial charge in [-0.05, 0) is 44.7 Å². The molecule has 1 fully saturated rings. The third-order valence-electron chi connectivity index (χ3n) is 4.70. The molecule has 1 aliphatic carbocycles. The maximum Gasteiger partial charge on any atom is 0.0809 e. The van der Waals surface area contributed by atoms with Gasteiger partial charge in [0.15, 0.2) is 0 Å². The number of methoxy groups -OCH3 is 1. The summed E-state index contributed by atoms with van der Waals surface area (Å²) >= 11 is 0. The Hall–Kier alpha value is -0.870. The van der Waals surface area contributed by atoms with E-state index < -0.39 is 0 Å². The third-order valence-corrected chi connectivity index (χ3v) is 4.70. The van der Waals surface area contributed by atoms with Crippen LogP contribution in [0.1, 0.15) is 64.1 Å². The number of aromatic nitrogens is 2. The summed E-state index contributed by atoms with van der Waals surface area (Å²) in [6, 6.07) is 2.39. The lowest BCUT2D eigenvalue weighted by atomic mass is 9.81. The fourth-order valence-corrected chi connectivity index (χ4v) is 3.62. The zero-order valence-corrected chi connectivity index (χ0v) is 13.8. The van der Waals surface area contributed by atoms with Crippen LogP contribution in [0.4, 0.5) is 0 Å². The first-order chi connectivity index (χ1) is 10.3. The fourth-order valence-electron chi connectivity index (χ4n) is 3.62. The minimum absolute atomic E-state index is 0.249. The van der Waals surface area contributed by atoms with Gasteiger partial charge in [-0.15, -0.1) is 0 Å². The lowest BCUT2D eigenvalue weighted by Crippen LogP contribution is -2.40. The van der Waals surface area contributed by atoms with E-state index in [-0.39, 0.29) is 12.1 Å². The summed E-state index contributed by atoms with van der Waals surface area (Å²) in [4.78, 5) is 0. The van der Waals surface area contributed by atoms with Crippen molar-refractivity contribution in [3.63, 3.8) is 0 Å². The summed E-state index contributed by atoms with van der Waals surface area (Å²) < 4.78 is 8.07. The Bertz CT molecular complexity index is 398. The van der Waals surface area contributed by atoms with Crippen LogP contribution in [0.25, 0.3) is 0 Å². The lowest BCUT2D eigenvalue weighted by molar-refractivity contribution is 0.00542. The van der Waals surface area contributed by atoms with Gasteiger partial charge in [0.05, 0.1) is 17.8 Å². The summed E-state index contributed by atoms with van der Waals surface area (Å²) in [5.41, 5.74) is 1.27. The third kappa shape index (κ3) is 4.07. The molecule has 4 nitrogen and oxygen atoms in total. The van der Waals surface area contributed by atoms with E-state index in [9.17, 15) is 0 Å². The van der Waals surface area contributed by atoms with Crippen molar-refractivity contribution in [2.75, 3.05) is 13.7 Å². The van der Waals surface area contributed by atoms with Gasteiger partial charge < -0.3 is 10.1 Å². The average molecular weight is 293 g/mol. The number of ether oxygens (including phenoxy) is 1. The first-order valence-corrected chi connectivity index (χ1v) is 8.59. The van der Waals surface area contributed by atoms with Gasteiger partial charge in [0, 0.05) is 19.9 Å². The van der Waals surface area contributed by atoms with E-state index in [1.54, 1.807) is 0 Å². The molecule has 0 aromatic carbocycles. The zero-order valence-electron chi connectivity index (χ0n) is 13.8. The van der Waals surface area contributed by atoms with Crippen molar-refractivity contribution < 1.29 is 4.74 Å². The fraction of sp³-hybridized carbons (Fsp3) is 0.824. The second-order valence-corrected chi connectivity index (χ2v) is 6.10. The van der Waals surface area contributed by atoms with Crippen LogP contribution in [0.3, 0.4) is 0 Å². The molecule has 1 N–H and O–H groups in total. The van der Waals surface area contributed by atoms with Crippen LogP contribution in [0.5, 0.6) is 0 Å². The largest absolute Gasteiger partial charge is 0.379 e. The maximum absolute atomic E-state index is 5.97. The molecule has 0 bridgehead atoms. The van der Waals surface area contributed by atoms with E-state index in [4.69, 9.17) is 4.74 Å². The minimum atomic E-state index is 0.249. The van der Waals surface area contributed by atoms with E-state index in [0.29, 0.717) is 5.92 Å². The second-order valence-electron chi connectivity index (χ2n) is 6.10. The molecular formula is C17H31N3O. The van der Waals surface area contributed by atoms with Gasteiger partial charge in [-0.25, -0.2) is 0 Å². The molecule has 1 aromatic rings. The van der Waals surface area contributed by atoms with E-state index in [1.165, 1.54) is 37.8 Å². The summed E-state index contributed by atoms with van der Waals surface area (Å²) in [5.74, 6) is 0.665. The Labute approximate surface area is 129 Å². The number of aryl methyl sites for hydroxylation is 1. The monoisotopic (exact) mass is 293 g/mol. The maximum atomic E-state index is 5.97. The topological polar surface area (TPSA) is 39.1 Å². The van der Waals surface area contributed by atoms with Crippen molar-refractivity contribution in [1.82, 2.24) is 15.1 Å². The highest BCUT2D eigenvalue weighted by molar-refractivity contribution is 5.10. The van der Waals surface area contributed by atoms with Crippen LogP contribution in [0.15, 0.2) is 12.3 Å². The van der Waals surface area contributed by atoms with Crippen LogP contribution in [-0.4, -0.2) is 29.5 Å². The molecule has 0 radical (unpaired) electrons. The summed E-state index contributed by atoms with van der Waals surface area (Å²) in [6.45, 7) is 6.29. The Morgan fingerprint density at radius 2 is 2.10 bits per heavy atom. The molecule has 2 atom stereocenters. The molecule has 1 aromatic heterocycles. The van der Waals surface area contributed by atoms with Gasteiger partial charge in [0.1, 0.15) is 0 Å². The highest BCUT2D eigenvalue weighted by atomic mass is 16.5. The average Bonchev–Trinajstić information content (AvgIpc) is 3.00. The number of hydrogen-bond donors (Lipinski definition) is 1. The summed E-state index contributed by atoms with van der Waals surface area (Å²) in [7, 11) is 1.87. The van der Waals surface area contributed by atoms with Crippen molar-refractivity contribution in [3.05, 3.63) is 18.0 Å². The molecule has 21 heavy (non-hydrogen) atoms. The van der Waals surface area contributed by atoms with E-state index in [1.807, 2.05) is 13.3 Å². The smallest absolute Gasteiger partial charge is 0.0809 e. The van der Waals surface area contributed by atoms with Crippen molar-refractivity contribution in [1.29, 1.82) is 0 Å². The Balaban J connectivity index is 2.19. The van der Waals surface area contributed by atoms with Crippen LogP contribution < -0.4 is 5.32 Å². The molecular weight excluding hydrogens is 262 g/mol. The van der Waals surface area contributed by atoms with Gasteiger partial charge in [-0.1, -0.05) is 26.2 Å². The predicted molar refractivity (Wildman–Crippen MR) is 86.3 cm³/mol. The number of nitrogens with zero attached hydrogens (tertiary/aromatic N) is 2. The molecule has 120 valence electrons. The standard InChI is InChI=1S/C17H31N3O/c1-4-12-18-16(15-11-13-19-20(15)5-2)17(21-3)14-9-7-6-8-10-14/h11,13-14,16-18H,4-10,12H2,1-3H3. The zero-order chi connectivity index (χ0) is 15.1. The molecule has 4 heteroatoms. The van der Waals surface area contributed by atoms with Crippen LogP contribution in [0, 0.1) is 5.92 Å². The SMILES string of the molecule is CCCNC(c1ccnn1CC)C(OC)C1CCCCC1. The molecule has 1 aliphatic rings. The van der Waals surface area contributed by atoms with Gasteiger partial charge in [0.25, 0.3) is 0 Å². The van der Waals surface area contributed by atoms with E-state index >= 15 is 0 Å². The van der Waals surface area contributed by atoms with E-state index in [0.717, 1.165) is 19.5 Å². The summed E-state index contributed by atoms with van der Waals surface area (Å²) in [6.07, 6.45) is 9.96. The van der Waals surface area contributed by atoms with Crippen molar-refractivity contribution in [2.45, 2.75) is 71.1 Å². The molecule has 1 heterocycles. The van der Waals surface area contributed by atoms with Crippen molar-refractivity contribution in [3.8, 4) is 0 Å².